The lowest BCUT2D eigenvalue weighted by atomic mass is 10.2. The molecular weight excluding hydrogens is 342 g/mol. The molecule has 25 heavy (non-hydrogen) atoms. The maximum absolute atomic E-state index is 12.3. The first-order valence-electron chi connectivity index (χ1n) is 7.44. The van der Waals surface area contributed by atoms with Crippen molar-refractivity contribution in [1.82, 2.24) is 10.3 Å². The van der Waals surface area contributed by atoms with E-state index in [1.165, 1.54) is 17.6 Å². The van der Waals surface area contributed by atoms with Crippen molar-refractivity contribution in [3.8, 4) is 5.75 Å². The van der Waals surface area contributed by atoms with Crippen LogP contribution < -0.4 is 15.4 Å². The van der Waals surface area contributed by atoms with Gasteiger partial charge in [-0.15, -0.1) is 11.3 Å². The summed E-state index contributed by atoms with van der Waals surface area (Å²) < 4.78 is 10.6. The number of carbonyl (C=O) groups excluding carboxylic acids is 2. The van der Waals surface area contributed by atoms with Gasteiger partial charge in [0, 0.05) is 11.6 Å². The summed E-state index contributed by atoms with van der Waals surface area (Å²) in [6.07, 6.45) is 3.14. The average molecular weight is 357 g/mol. The molecule has 2 N–H and O–H groups in total. The van der Waals surface area contributed by atoms with Crippen molar-refractivity contribution in [2.45, 2.75) is 6.54 Å². The highest BCUT2D eigenvalue weighted by atomic mass is 32.1. The van der Waals surface area contributed by atoms with Crippen molar-refractivity contribution in [2.75, 3.05) is 11.9 Å². The molecule has 2 heterocycles. The minimum absolute atomic E-state index is 0.206. The standard InChI is InChI=1S/C17H15N3O4S/c21-15(19-10-12-4-3-8-23-12)11-24-14-6-2-1-5-13(14)16(22)20-17-18-7-9-25-17/h1-9H,10-11H2,(H,19,21)(H,18,20,22). The maximum Gasteiger partial charge on any atom is 0.261 e. The number of amides is 2. The molecule has 0 saturated carbocycles. The SMILES string of the molecule is O=C(COc1ccccc1C(=O)Nc1nccs1)NCc1ccco1. The topological polar surface area (TPSA) is 93.5 Å². The average Bonchev–Trinajstić information content (AvgIpc) is 3.32. The highest BCUT2D eigenvalue weighted by Gasteiger charge is 2.14. The number of benzene rings is 1. The number of rotatable bonds is 7. The van der Waals surface area contributed by atoms with E-state index in [4.69, 9.17) is 9.15 Å². The molecule has 0 spiro atoms. The molecule has 2 aromatic heterocycles. The Hall–Kier alpha value is -3.13. The van der Waals surface area contributed by atoms with Gasteiger partial charge in [-0.05, 0) is 24.3 Å². The predicted molar refractivity (Wildman–Crippen MR) is 92.6 cm³/mol. The number of anilines is 1. The summed E-state index contributed by atoms with van der Waals surface area (Å²) in [5.41, 5.74) is 0.330. The fourth-order valence-corrected chi connectivity index (χ4v) is 2.55. The van der Waals surface area contributed by atoms with Gasteiger partial charge in [0.2, 0.25) is 0 Å². The van der Waals surface area contributed by atoms with Gasteiger partial charge in [0.15, 0.2) is 11.7 Å². The van der Waals surface area contributed by atoms with Gasteiger partial charge >= 0.3 is 0 Å². The Kier molecular flexibility index (Phi) is 5.43. The Morgan fingerprint density at radius 3 is 2.84 bits per heavy atom. The van der Waals surface area contributed by atoms with E-state index in [0.29, 0.717) is 22.2 Å². The van der Waals surface area contributed by atoms with Crippen LogP contribution in [-0.2, 0) is 11.3 Å². The lowest BCUT2D eigenvalue weighted by molar-refractivity contribution is -0.123. The first kappa shape index (κ1) is 16.7. The lowest BCUT2D eigenvalue weighted by Gasteiger charge is -2.10. The number of thiazole rings is 1. The quantitative estimate of drug-likeness (QED) is 0.678. The van der Waals surface area contributed by atoms with Crippen LogP contribution in [0.5, 0.6) is 5.75 Å². The van der Waals surface area contributed by atoms with Gasteiger partial charge in [0.25, 0.3) is 11.8 Å². The summed E-state index contributed by atoms with van der Waals surface area (Å²) in [7, 11) is 0. The van der Waals surface area contributed by atoms with E-state index in [2.05, 4.69) is 15.6 Å². The van der Waals surface area contributed by atoms with E-state index in [0.717, 1.165) is 0 Å². The summed E-state index contributed by atoms with van der Waals surface area (Å²) in [6, 6.07) is 10.2. The highest BCUT2D eigenvalue weighted by molar-refractivity contribution is 7.13. The van der Waals surface area contributed by atoms with Gasteiger partial charge in [-0.2, -0.15) is 0 Å². The van der Waals surface area contributed by atoms with Gasteiger partial charge in [0.1, 0.15) is 11.5 Å². The second-order valence-electron chi connectivity index (χ2n) is 4.93. The number of ether oxygens (including phenoxy) is 1. The van der Waals surface area contributed by atoms with Crippen LogP contribution >= 0.6 is 11.3 Å². The van der Waals surface area contributed by atoms with Gasteiger partial charge in [0.05, 0.1) is 18.4 Å². The smallest absolute Gasteiger partial charge is 0.261 e. The fraction of sp³-hybridized carbons (Fsp3) is 0.118. The molecule has 0 atom stereocenters. The summed E-state index contributed by atoms with van der Waals surface area (Å²) in [5.74, 6) is 0.314. The Bertz CT molecular complexity index is 831. The van der Waals surface area contributed by atoms with Crippen LogP contribution in [0.2, 0.25) is 0 Å². The molecule has 1 aromatic carbocycles. The molecule has 3 rings (SSSR count). The number of hydrogen-bond acceptors (Lipinski definition) is 6. The summed E-state index contributed by atoms with van der Waals surface area (Å²) in [5, 5.41) is 7.62. The third-order valence-corrected chi connectivity index (χ3v) is 3.87. The van der Waals surface area contributed by atoms with Crippen LogP contribution in [-0.4, -0.2) is 23.4 Å². The molecule has 0 aliphatic rings. The normalized spacial score (nSPS) is 10.2. The Morgan fingerprint density at radius 1 is 1.20 bits per heavy atom. The molecular formula is C17H15N3O4S. The molecule has 0 radical (unpaired) electrons. The number of furan rings is 1. The molecule has 0 saturated heterocycles. The third-order valence-electron chi connectivity index (χ3n) is 3.18. The zero-order valence-electron chi connectivity index (χ0n) is 13.1. The summed E-state index contributed by atoms with van der Waals surface area (Å²) in [6.45, 7) is 0.0730. The minimum Gasteiger partial charge on any atom is -0.483 e. The molecule has 0 fully saturated rings. The second-order valence-corrected chi connectivity index (χ2v) is 5.83. The number of nitrogens with one attached hydrogen (secondary N) is 2. The van der Waals surface area contributed by atoms with E-state index >= 15 is 0 Å². The Balaban J connectivity index is 1.57. The molecule has 8 heteroatoms. The van der Waals surface area contributed by atoms with Crippen molar-refractivity contribution in [1.29, 1.82) is 0 Å². The van der Waals surface area contributed by atoms with Crippen LogP contribution in [0, 0.1) is 0 Å². The first-order valence-corrected chi connectivity index (χ1v) is 8.32. The molecule has 3 aromatic rings. The van der Waals surface area contributed by atoms with Crippen LogP contribution in [0.1, 0.15) is 16.1 Å². The van der Waals surface area contributed by atoms with Gasteiger partial charge in [-0.3, -0.25) is 14.9 Å². The second kappa shape index (κ2) is 8.11. The maximum atomic E-state index is 12.3. The molecule has 0 aliphatic heterocycles. The van der Waals surface area contributed by atoms with Gasteiger partial charge in [-0.1, -0.05) is 12.1 Å². The van der Waals surface area contributed by atoms with Crippen molar-refractivity contribution in [3.63, 3.8) is 0 Å². The molecule has 128 valence electrons. The van der Waals surface area contributed by atoms with Crippen LogP contribution in [0.3, 0.4) is 0 Å². The van der Waals surface area contributed by atoms with Gasteiger partial charge in [-0.25, -0.2) is 4.98 Å². The lowest BCUT2D eigenvalue weighted by Crippen LogP contribution is -2.28. The zero-order chi connectivity index (χ0) is 17.5. The predicted octanol–water partition coefficient (Wildman–Crippen LogP) is 2.68. The van der Waals surface area contributed by atoms with Crippen molar-refractivity contribution in [2.24, 2.45) is 0 Å². The molecule has 2 amide bonds. The minimum atomic E-state index is -0.346. The molecule has 0 aliphatic carbocycles. The molecule has 0 unspecified atom stereocenters. The van der Waals surface area contributed by atoms with Crippen LogP contribution in [0.4, 0.5) is 5.13 Å². The van der Waals surface area contributed by atoms with E-state index in [1.807, 2.05) is 0 Å². The number of carbonyl (C=O) groups is 2. The Labute approximate surface area is 147 Å². The molecule has 7 nitrogen and oxygen atoms in total. The van der Waals surface area contributed by atoms with Crippen molar-refractivity contribution < 1.29 is 18.7 Å². The van der Waals surface area contributed by atoms with Crippen molar-refractivity contribution in [3.05, 3.63) is 65.6 Å². The third kappa shape index (κ3) is 4.67. The van der Waals surface area contributed by atoms with E-state index in [1.54, 1.807) is 48.0 Å². The number of para-hydroxylation sites is 1. The monoisotopic (exact) mass is 357 g/mol. The highest BCUT2D eigenvalue weighted by Crippen LogP contribution is 2.20. The number of hydrogen-bond donors (Lipinski definition) is 2. The van der Waals surface area contributed by atoms with E-state index < -0.39 is 0 Å². The van der Waals surface area contributed by atoms with E-state index in [-0.39, 0.29) is 25.0 Å². The first-order chi connectivity index (χ1) is 12.2. The summed E-state index contributed by atoms with van der Waals surface area (Å²) in [4.78, 5) is 28.2. The van der Waals surface area contributed by atoms with Crippen molar-refractivity contribution >= 4 is 28.3 Å². The number of aromatic nitrogens is 1. The van der Waals surface area contributed by atoms with Gasteiger partial charge < -0.3 is 14.5 Å². The number of nitrogens with zero attached hydrogens (tertiary/aromatic N) is 1. The van der Waals surface area contributed by atoms with Crippen LogP contribution in [0.25, 0.3) is 0 Å². The Morgan fingerprint density at radius 2 is 2.08 bits per heavy atom. The fourth-order valence-electron chi connectivity index (χ4n) is 2.02. The van der Waals surface area contributed by atoms with Crippen LogP contribution in [0.15, 0.2) is 58.7 Å². The molecule has 0 bridgehead atoms. The largest absolute Gasteiger partial charge is 0.483 e. The summed E-state index contributed by atoms with van der Waals surface area (Å²) >= 11 is 1.32. The zero-order valence-corrected chi connectivity index (χ0v) is 13.9. The van der Waals surface area contributed by atoms with E-state index in [9.17, 15) is 9.59 Å².